The molecule has 0 aromatic heterocycles. The number of dihydropyridines is 1. The van der Waals surface area contributed by atoms with Gasteiger partial charge in [-0.1, -0.05) is 26.2 Å². The van der Waals surface area contributed by atoms with E-state index in [-0.39, 0.29) is 11.5 Å². The lowest BCUT2D eigenvalue weighted by Crippen LogP contribution is -2.44. The lowest BCUT2D eigenvalue weighted by molar-refractivity contribution is -0.140. The maximum atomic E-state index is 12.9. The zero-order valence-electron chi connectivity index (χ0n) is 18.4. The molecule has 7 heteroatoms. The molecular weight excluding hydrogens is 370 g/mol. The Morgan fingerprint density at radius 1 is 1.07 bits per heavy atom. The number of piperazine rings is 1. The van der Waals surface area contributed by atoms with E-state index in [0.29, 0.717) is 30.0 Å². The fourth-order valence-corrected chi connectivity index (χ4v) is 4.18. The Kier molecular flexibility index (Phi) is 9.17. The molecule has 0 amide bonds. The molecule has 0 aromatic carbocycles. The first-order valence-electron chi connectivity index (χ1n) is 10.8. The molecule has 1 fully saturated rings. The Morgan fingerprint density at radius 3 is 2.34 bits per heavy atom. The van der Waals surface area contributed by atoms with Gasteiger partial charge in [0.1, 0.15) is 0 Å². The van der Waals surface area contributed by atoms with Gasteiger partial charge in [-0.2, -0.15) is 0 Å². The summed E-state index contributed by atoms with van der Waals surface area (Å²) in [5, 5.41) is 12.8. The van der Waals surface area contributed by atoms with Crippen LogP contribution < -0.4 is 5.32 Å². The van der Waals surface area contributed by atoms with Gasteiger partial charge >= 0.3 is 11.9 Å². The lowest BCUT2D eigenvalue weighted by Gasteiger charge is -2.32. The highest BCUT2D eigenvalue weighted by Gasteiger charge is 2.35. The smallest absolute Gasteiger partial charge is 0.336 e. The number of esters is 1. The van der Waals surface area contributed by atoms with Gasteiger partial charge < -0.3 is 25.0 Å². The van der Waals surface area contributed by atoms with Crippen molar-refractivity contribution in [3.8, 4) is 0 Å². The van der Waals surface area contributed by atoms with Crippen LogP contribution in [-0.2, 0) is 14.3 Å². The normalized spacial score (nSPS) is 21.3. The van der Waals surface area contributed by atoms with Crippen LogP contribution in [0, 0.1) is 5.92 Å². The number of carbonyl (C=O) groups excluding carboxylic acids is 1. The van der Waals surface area contributed by atoms with Crippen LogP contribution in [0.1, 0.15) is 52.9 Å². The maximum absolute atomic E-state index is 12.9. The van der Waals surface area contributed by atoms with E-state index in [1.54, 1.807) is 6.92 Å². The van der Waals surface area contributed by atoms with Crippen molar-refractivity contribution in [1.29, 1.82) is 0 Å². The third-order valence-electron chi connectivity index (χ3n) is 5.87. The summed E-state index contributed by atoms with van der Waals surface area (Å²) in [5.41, 5.74) is 2.08. The third-order valence-corrected chi connectivity index (χ3v) is 5.87. The second-order valence-corrected chi connectivity index (χ2v) is 8.19. The van der Waals surface area contributed by atoms with Crippen molar-refractivity contribution in [3.05, 3.63) is 22.5 Å². The predicted octanol–water partition coefficient (Wildman–Crippen LogP) is 2.60. The number of hydrogen-bond acceptors (Lipinski definition) is 6. The van der Waals surface area contributed by atoms with Gasteiger partial charge in [0.2, 0.25) is 0 Å². The van der Waals surface area contributed by atoms with Crippen LogP contribution >= 0.6 is 0 Å². The summed E-state index contributed by atoms with van der Waals surface area (Å²) in [4.78, 5) is 29.4. The van der Waals surface area contributed by atoms with E-state index in [0.717, 1.165) is 58.4 Å². The predicted molar refractivity (Wildman–Crippen MR) is 113 cm³/mol. The first-order valence-corrected chi connectivity index (χ1v) is 10.8. The van der Waals surface area contributed by atoms with Crippen molar-refractivity contribution in [3.63, 3.8) is 0 Å². The number of aliphatic carboxylic acids is 1. The van der Waals surface area contributed by atoms with Gasteiger partial charge in [0, 0.05) is 50.0 Å². The molecule has 0 radical (unpaired) electrons. The quantitative estimate of drug-likeness (QED) is 0.425. The zero-order valence-corrected chi connectivity index (χ0v) is 18.4. The molecule has 2 aliphatic heterocycles. The van der Waals surface area contributed by atoms with E-state index in [1.165, 1.54) is 0 Å². The number of rotatable bonds is 10. The van der Waals surface area contributed by atoms with Crippen molar-refractivity contribution in [1.82, 2.24) is 15.1 Å². The highest BCUT2D eigenvalue weighted by Crippen LogP contribution is 2.34. The maximum Gasteiger partial charge on any atom is 0.336 e. The highest BCUT2D eigenvalue weighted by molar-refractivity contribution is 5.97. The van der Waals surface area contributed by atoms with E-state index in [2.05, 4.69) is 29.1 Å². The average Bonchev–Trinajstić information content (AvgIpc) is 2.66. The fourth-order valence-electron chi connectivity index (χ4n) is 4.18. The van der Waals surface area contributed by atoms with Gasteiger partial charge in [0.25, 0.3) is 0 Å². The summed E-state index contributed by atoms with van der Waals surface area (Å²) >= 11 is 0. The second-order valence-electron chi connectivity index (χ2n) is 8.19. The topological polar surface area (TPSA) is 82.1 Å². The van der Waals surface area contributed by atoms with E-state index < -0.39 is 11.9 Å². The monoisotopic (exact) mass is 407 g/mol. The molecule has 7 nitrogen and oxygen atoms in total. The number of hydrogen-bond donors (Lipinski definition) is 2. The molecular formula is C22H37N3O4. The molecule has 2 heterocycles. The van der Waals surface area contributed by atoms with Crippen LogP contribution in [0.15, 0.2) is 22.5 Å². The summed E-state index contributed by atoms with van der Waals surface area (Å²) < 4.78 is 5.57. The van der Waals surface area contributed by atoms with Crippen molar-refractivity contribution >= 4 is 11.9 Å². The number of carboxylic acids is 1. The number of likely N-dealkylation sites (N-methyl/N-ethyl adjacent to an activating group) is 1. The minimum atomic E-state index is -0.968. The summed E-state index contributed by atoms with van der Waals surface area (Å²) in [5.74, 6) is -1.77. The van der Waals surface area contributed by atoms with Crippen LogP contribution in [-0.4, -0.2) is 73.2 Å². The number of nitrogens with zero attached hydrogens (tertiary/aromatic N) is 2. The van der Waals surface area contributed by atoms with Gasteiger partial charge in [0.15, 0.2) is 0 Å². The van der Waals surface area contributed by atoms with Crippen molar-refractivity contribution in [2.24, 2.45) is 5.92 Å². The van der Waals surface area contributed by atoms with E-state index in [4.69, 9.17) is 4.74 Å². The van der Waals surface area contributed by atoms with Crippen LogP contribution in [0.3, 0.4) is 0 Å². The summed E-state index contributed by atoms with van der Waals surface area (Å²) in [6.07, 6.45) is 4.39. The van der Waals surface area contributed by atoms with Gasteiger partial charge in [-0.15, -0.1) is 0 Å². The van der Waals surface area contributed by atoms with Crippen molar-refractivity contribution < 1.29 is 19.4 Å². The van der Waals surface area contributed by atoms with Crippen molar-refractivity contribution in [2.45, 2.75) is 52.9 Å². The van der Waals surface area contributed by atoms with E-state index in [9.17, 15) is 14.7 Å². The van der Waals surface area contributed by atoms with E-state index in [1.807, 2.05) is 6.92 Å². The van der Waals surface area contributed by atoms with Gasteiger partial charge in [0.05, 0.1) is 17.8 Å². The molecule has 0 spiro atoms. The Morgan fingerprint density at radius 2 is 1.72 bits per heavy atom. The molecule has 29 heavy (non-hydrogen) atoms. The first-order chi connectivity index (χ1) is 13.8. The largest absolute Gasteiger partial charge is 0.478 e. The van der Waals surface area contributed by atoms with Crippen LogP contribution in [0.4, 0.5) is 0 Å². The molecule has 2 aliphatic rings. The zero-order chi connectivity index (χ0) is 21.4. The third kappa shape index (κ3) is 6.57. The first kappa shape index (κ1) is 23.4. The second kappa shape index (κ2) is 11.4. The minimum absolute atomic E-state index is 0.288. The number of unbranched alkanes of at least 4 members (excludes halogenated alkanes) is 2. The average molecular weight is 408 g/mol. The Bertz CT molecular complexity index is 648. The van der Waals surface area contributed by atoms with E-state index >= 15 is 0 Å². The van der Waals surface area contributed by atoms with Crippen LogP contribution in [0.2, 0.25) is 0 Å². The standard InChI is InChI=1S/C22H37N3O4/c1-5-6-7-9-18-19(21(26)27)16(2)23-17(3)20(18)22(28)29-15-8-10-25-13-11-24(4)12-14-25/h18,23H,5-15H2,1-4H3,(H,26,27). The van der Waals surface area contributed by atoms with Crippen molar-refractivity contribution in [2.75, 3.05) is 46.4 Å². The Hall–Kier alpha value is -1.86. The number of carbonyl (C=O) groups is 2. The molecule has 1 saturated heterocycles. The fraction of sp³-hybridized carbons (Fsp3) is 0.727. The molecule has 1 unspecified atom stereocenters. The van der Waals surface area contributed by atoms with Crippen LogP contribution in [0.25, 0.3) is 0 Å². The minimum Gasteiger partial charge on any atom is -0.478 e. The van der Waals surface area contributed by atoms with Gasteiger partial charge in [-0.3, -0.25) is 0 Å². The number of nitrogens with one attached hydrogen (secondary N) is 1. The molecule has 1 atom stereocenters. The lowest BCUT2D eigenvalue weighted by atomic mass is 9.82. The summed E-state index contributed by atoms with van der Waals surface area (Å²) in [7, 11) is 2.13. The molecule has 0 aliphatic carbocycles. The summed E-state index contributed by atoms with van der Waals surface area (Å²) in [6.45, 7) is 11.2. The molecule has 0 aromatic rings. The molecule has 0 saturated carbocycles. The number of ether oxygens (including phenoxy) is 1. The summed E-state index contributed by atoms with van der Waals surface area (Å²) in [6, 6.07) is 0. The number of allylic oxidation sites excluding steroid dienone is 2. The number of carboxylic acid groups (broad SMARTS) is 1. The SMILES string of the molecule is CCCCCC1C(C(=O)O)=C(C)NC(C)=C1C(=O)OCCCN1CCN(C)CC1. The highest BCUT2D eigenvalue weighted by atomic mass is 16.5. The molecule has 0 bridgehead atoms. The Balaban J connectivity index is 1.96. The Labute approximate surface area is 174 Å². The molecule has 164 valence electrons. The molecule has 2 N–H and O–H groups in total. The van der Waals surface area contributed by atoms with Gasteiger partial charge in [-0.25, -0.2) is 9.59 Å². The molecule has 2 rings (SSSR count). The van der Waals surface area contributed by atoms with Crippen LogP contribution in [0.5, 0.6) is 0 Å². The van der Waals surface area contributed by atoms with Gasteiger partial charge in [-0.05, 0) is 33.7 Å².